The van der Waals surface area contributed by atoms with Crippen molar-refractivity contribution in [2.75, 3.05) is 32.7 Å². The lowest BCUT2D eigenvalue weighted by Crippen LogP contribution is -2.34. The van der Waals surface area contributed by atoms with Crippen LogP contribution in [0.25, 0.3) is 0 Å². The average molecular weight is 804 g/mol. The second-order valence-corrected chi connectivity index (χ2v) is 17.4. The zero-order valence-electron chi connectivity index (χ0n) is 38.0. The Kier molecular flexibility index (Phi) is 36.8. The Morgan fingerprint density at radius 1 is 0.526 bits per heavy atom. The predicted octanol–water partition coefficient (Wildman–Crippen LogP) is 12.8. The zero-order valence-corrected chi connectivity index (χ0v) is 38.0. The normalized spacial score (nSPS) is 13.1. The fourth-order valence-corrected chi connectivity index (χ4v) is 8.16. The largest absolute Gasteiger partial charge is 0.462 e. The van der Waals surface area contributed by atoms with Crippen LogP contribution < -0.4 is 5.32 Å². The van der Waals surface area contributed by atoms with Gasteiger partial charge in [0, 0.05) is 38.8 Å². The van der Waals surface area contributed by atoms with Crippen LogP contribution in [-0.4, -0.2) is 72.3 Å². The van der Waals surface area contributed by atoms with E-state index in [0.29, 0.717) is 32.2 Å². The molecule has 3 amide bonds. The molecule has 0 aromatic heterocycles. The number of hydrogen-bond acceptors (Lipinski definition) is 6. The summed E-state index contributed by atoms with van der Waals surface area (Å²) in [4.78, 5) is 53.3. The molecule has 1 fully saturated rings. The highest BCUT2D eigenvalue weighted by Gasteiger charge is 2.28. The van der Waals surface area contributed by atoms with Crippen LogP contribution in [0.5, 0.6) is 0 Å². The van der Waals surface area contributed by atoms with Gasteiger partial charge in [-0.2, -0.15) is 0 Å². The summed E-state index contributed by atoms with van der Waals surface area (Å²) in [7, 11) is 0. The van der Waals surface area contributed by atoms with Crippen molar-refractivity contribution >= 4 is 23.7 Å². The minimum Gasteiger partial charge on any atom is -0.462 e. The van der Waals surface area contributed by atoms with Crippen molar-refractivity contribution < 1.29 is 23.9 Å². The second kappa shape index (κ2) is 39.5. The Morgan fingerprint density at radius 2 is 0.930 bits per heavy atom. The van der Waals surface area contributed by atoms with Crippen LogP contribution in [-0.2, 0) is 23.9 Å². The van der Waals surface area contributed by atoms with Gasteiger partial charge in [0.2, 0.25) is 17.7 Å². The highest BCUT2D eigenvalue weighted by atomic mass is 16.5. The number of ether oxygens (including phenoxy) is 1. The molecule has 0 aliphatic carbocycles. The zero-order chi connectivity index (χ0) is 41.4. The third-order valence-corrected chi connectivity index (χ3v) is 11.9. The van der Waals surface area contributed by atoms with Gasteiger partial charge in [0.25, 0.3) is 0 Å². The third kappa shape index (κ3) is 32.6. The molecule has 0 unspecified atom stereocenters. The number of unbranched alkanes of at least 4 members (excludes halogenated alkanes) is 24. The number of esters is 1. The van der Waals surface area contributed by atoms with E-state index in [0.717, 1.165) is 116 Å². The average Bonchev–Trinajstić information content (AvgIpc) is 3.52. The monoisotopic (exact) mass is 804 g/mol. The van der Waals surface area contributed by atoms with Gasteiger partial charge in [-0.3, -0.25) is 24.1 Å². The molecule has 1 rings (SSSR count). The van der Waals surface area contributed by atoms with E-state index in [1.165, 1.54) is 120 Å². The molecule has 1 saturated heterocycles. The number of carbonyl (C=O) groups is 4. The Balaban J connectivity index is 2.31. The summed E-state index contributed by atoms with van der Waals surface area (Å²) in [5.74, 6) is 0.162. The molecule has 1 N–H and O–H groups in total. The van der Waals surface area contributed by atoms with E-state index >= 15 is 0 Å². The first-order chi connectivity index (χ1) is 27.9. The fourth-order valence-electron chi connectivity index (χ4n) is 8.16. The van der Waals surface area contributed by atoms with Gasteiger partial charge >= 0.3 is 5.97 Å². The van der Waals surface area contributed by atoms with Crippen LogP contribution in [0.3, 0.4) is 0 Å². The molecule has 57 heavy (non-hydrogen) atoms. The van der Waals surface area contributed by atoms with Crippen molar-refractivity contribution in [2.24, 2.45) is 0 Å². The maximum atomic E-state index is 12.8. The maximum absolute atomic E-state index is 12.8. The number of likely N-dealkylation sites (tertiary alicyclic amines) is 1. The van der Waals surface area contributed by atoms with E-state index in [1.54, 1.807) is 0 Å². The number of imide groups is 1. The van der Waals surface area contributed by atoms with Gasteiger partial charge in [0.15, 0.2) is 0 Å². The van der Waals surface area contributed by atoms with E-state index in [9.17, 15) is 19.2 Å². The van der Waals surface area contributed by atoms with Crippen molar-refractivity contribution in [2.45, 2.75) is 258 Å². The lowest BCUT2D eigenvalue weighted by molar-refractivity contribution is -0.150. The molecule has 0 saturated carbocycles. The van der Waals surface area contributed by atoms with Crippen molar-refractivity contribution in [3.05, 3.63) is 0 Å². The maximum Gasteiger partial charge on any atom is 0.306 e. The Morgan fingerprint density at radius 3 is 1.44 bits per heavy atom. The van der Waals surface area contributed by atoms with Crippen LogP contribution in [0.1, 0.15) is 252 Å². The Hall–Kier alpha value is -1.96. The molecule has 8 nitrogen and oxygen atoms in total. The van der Waals surface area contributed by atoms with Crippen molar-refractivity contribution in [3.63, 3.8) is 0 Å². The number of nitrogens with zero attached hydrogens (tertiary/aromatic N) is 2. The van der Waals surface area contributed by atoms with Crippen LogP contribution in [0, 0.1) is 0 Å². The molecule has 0 radical (unpaired) electrons. The lowest BCUT2D eigenvalue weighted by Gasteiger charge is -2.23. The quantitative estimate of drug-likeness (QED) is 0.0375. The van der Waals surface area contributed by atoms with Crippen LogP contribution in [0.15, 0.2) is 0 Å². The summed E-state index contributed by atoms with van der Waals surface area (Å²) in [6.45, 7) is 11.1. The summed E-state index contributed by atoms with van der Waals surface area (Å²) < 4.78 is 6.06. The van der Waals surface area contributed by atoms with Gasteiger partial charge in [-0.1, -0.05) is 162 Å². The molecule has 0 aromatic carbocycles. The second-order valence-electron chi connectivity index (χ2n) is 17.4. The van der Waals surface area contributed by atoms with Gasteiger partial charge < -0.3 is 15.0 Å². The summed E-state index contributed by atoms with van der Waals surface area (Å²) in [6.07, 6.45) is 39.8. The first kappa shape index (κ1) is 53.1. The SMILES string of the molecule is CCCCCCCCCNC(=O)CCCCCCCN(CCCCCCCC(=O)OC(CCCCCCCC)CCCCCCCC)CCCN1C(=O)CCC1=O. The Bertz CT molecular complexity index is 943. The van der Waals surface area contributed by atoms with Gasteiger partial charge in [-0.25, -0.2) is 0 Å². The van der Waals surface area contributed by atoms with E-state index in [2.05, 4.69) is 31.0 Å². The molecular formula is C49H93N3O5. The van der Waals surface area contributed by atoms with Crippen LogP contribution in [0.2, 0.25) is 0 Å². The van der Waals surface area contributed by atoms with E-state index in [1.807, 2.05) is 0 Å². The first-order valence-corrected chi connectivity index (χ1v) is 24.9. The van der Waals surface area contributed by atoms with Crippen molar-refractivity contribution in [3.8, 4) is 0 Å². The molecule has 1 aliphatic rings. The highest BCUT2D eigenvalue weighted by molar-refractivity contribution is 6.01. The fraction of sp³-hybridized carbons (Fsp3) is 0.918. The first-order valence-electron chi connectivity index (χ1n) is 24.9. The minimum absolute atomic E-state index is 0.000162. The summed E-state index contributed by atoms with van der Waals surface area (Å²) in [5.41, 5.74) is 0. The molecule has 0 atom stereocenters. The van der Waals surface area contributed by atoms with Gasteiger partial charge in [-0.15, -0.1) is 0 Å². The molecule has 0 spiro atoms. The summed E-state index contributed by atoms with van der Waals surface area (Å²) >= 11 is 0. The van der Waals surface area contributed by atoms with Crippen molar-refractivity contribution in [1.29, 1.82) is 0 Å². The number of rotatable bonds is 43. The van der Waals surface area contributed by atoms with E-state index in [-0.39, 0.29) is 29.8 Å². The minimum atomic E-state index is -0.0203. The van der Waals surface area contributed by atoms with Crippen LogP contribution >= 0.6 is 0 Å². The highest BCUT2D eigenvalue weighted by Crippen LogP contribution is 2.19. The lowest BCUT2D eigenvalue weighted by atomic mass is 10.0. The molecule has 0 bridgehead atoms. The Labute approximate surface area is 352 Å². The number of hydrogen-bond donors (Lipinski definition) is 1. The summed E-state index contributed by atoms with van der Waals surface area (Å²) in [5, 5.41) is 3.11. The molecule has 334 valence electrons. The molecule has 1 aliphatic heterocycles. The van der Waals surface area contributed by atoms with Crippen LogP contribution in [0.4, 0.5) is 0 Å². The van der Waals surface area contributed by atoms with E-state index in [4.69, 9.17) is 4.74 Å². The number of carbonyl (C=O) groups excluding carboxylic acids is 4. The molecule has 1 heterocycles. The number of nitrogens with one attached hydrogen (secondary N) is 1. The standard InChI is InChI=1S/C49H93N3O5/c1-4-7-10-13-16-23-30-40-50-46(53)36-28-21-17-24-31-41-51(43-33-44-52-47(54)38-39-48(52)55)42-32-25-18-22-29-37-49(56)57-45(34-26-19-14-11-8-5-2)35-27-20-15-12-9-6-3/h45H,4-44H2,1-3H3,(H,50,53). The predicted molar refractivity (Wildman–Crippen MR) is 239 cm³/mol. The smallest absolute Gasteiger partial charge is 0.306 e. The molecular weight excluding hydrogens is 711 g/mol. The molecule has 8 heteroatoms. The van der Waals surface area contributed by atoms with Crippen molar-refractivity contribution in [1.82, 2.24) is 15.1 Å². The third-order valence-electron chi connectivity index (χ3n) is 11.9. The van der Waals surface area contributed by atoms with Gasteiger partial charge in [-0.05, 0) is 83.8 Å². The number of amides is 3. The topological polar surface area (TPSA) is 96.0 Å². The van der Waals surface area contributed by atoms with Gasteiger partial charge in [0.05, 0.1) is 0 Å². The van der Waals surface area contributed by atoms with Gasteiger partial charge in [0.1, 0.15) is 6.10 Å². The summed E-state index contributed by atoms with van der Waals surface area (Å²) in [6, 6.07) is 0. The van der Waals surface area contributed by atoms with E-state index < -0.39 is 0 Å². The molecule has 0 aromatic rings.